The molecule has 0 fully saturated rings. The van der Waals surface area contributed by atoms with Crippen LogP contribution in [0.5, 0.6) is 5.75 Å². The molecule has 7 heteroatoms. The summed E-state index contributed by atoms with van der Waals surface area (Å²) in [5.41, 5.74) is 0.685. The fourth-order valence-electron chi connectivity index (χ4n) is 1.64. The third kappa shape index (κ3) is 3.27. The monoisotopic (exact) mass is 278 g/mol. The summed E-state index contributed by atoms with van der Waals surface area (Å²) < 4.78 is 18.4. The number of halogens is 1. The van der Waals surface area contributed by atoms with Gasteiger partial charge in [0.1, 0.15) is 18.2 Å². The lowest BCUT2D eigenvalue weighted by atomic mass is 10.2. The standard InChI is InChI=1S/C13H11FN2O4/c14-11-3-9(5-15-6-11)8-20-13-2-1-12(16(18)19)4-10(13)7-17/h1-6,17H,7-8H2. The van der Waals surface area contributed by atoms with Crippen LogP contribution in [-0.4, -0.2) is 15.0 Å². The molecule has 0 radical (unpaired) electrons. The first kappa shape index (κ1) is 13.9. The van der Waals surface area contributed by atoms with Crippen LogP contribution in [0.4, 0.5) is 10.1 Å². The van der Waals surface area contributed by atoms with Crippen LogP contribution in [0.15, 0.2) is 36.7 Å². The van der Waals surface area contributed by atoms with Gasteiger partial charge in [-0.3, -0.25) is 15.1 Å². The van der Waals surface area contributed by atoms with Gasteiger partial charge in [-0.25, -0.2) is 4.39 Å². The van der Waals surface area contributed by atoms with Crippen molar-refractivity contribution in [2.45, 2.75) is 13.2 Å². The molecule has 0 bridgehead atoms. The van der Waals surface area contributed by atoms with Crippen molar-refractivity contribution in [2.75, 3.05) is 0 Å². The molecule has 0 aliphatic heterocycles. The van der Waals surface area contributed by atoms with E-state index >= 15 is 0 Å². The molecule has 1 N–H and O–H groups in total. The molecule has 0 aliphatic carbocycles. The normalized spacial score (nSPS) is 10.3. The van der Waals surface area contributed by atoms with Crippen LogP contribution >= 0.6 is 0 Å². The number of pyridine rings is 1. The zero-order valence-corrected chi connectivity index (χ0v) is 10.3. The number of nitrogens with zero attached hydrogens (tertiary/aromatic N) is 2. The molecular weight excluding hydrogens is 267 g/mol. The van der Waals surface area contributed by atoms with E-state index in [0.717, 1.165) is 6.20 Å². The summed E-state index contributed by atoms with van der Waals surface area (Å²) in [4.78, 5) is 13.8. The minimum Gasteiger partial charge on any atom is -0.488 e. The van der Waals surface area contributed by atoms with E-state index in [1.807, 2.05) is 0 Å². The van der Waals surface area contributed by atoms with Crippen molar-refractivity contribution in [3.05, 3.63) is 63.7 Å². The van der Waals surface area contributed by atoms with Crippen molar-refractivity contribution in [3.63, 3.8) is 0 Å². The summed E-state index contributed by atoms with van der Waals surface area (Å²) in [6, 6.07) is 5.19. The molecule has 0 aliphatic rings. The number of aromatic nitrogens is 1. The Morgan fingerprint density at radius 3 is 2.80 bits per heavy atom. The van der Waals surface area contributed by atoms with Crippen molar-refractivity contribution in [1.29, 1.82) is 0 Å². The van der Waals surface area contributed by atoms with Gasteiger partial charge in [0.25, 0.3) is 5.69 Å². The maximum Gasteiger partial charge on any atom is 0.270 e. The SMILES string of the molecule is O=[N+]([O-])c1ccc(OCc2cncc(F)c2)c(CO)c1. The highest BCUT2D eigenvalue weighted by molar-refractivity contribution is 5.43. The molecule has 0 unspecified atom stereocenters. The number of hydrogen-bond donors (Lipinski definition) is 1. The molecule has 2 rings (SSSR count). The first-order valence-corrected chi connectivity index (χ1v) is 5.70. The predicted molar refractivity (Wildman–Crippen MR) is 67.5 cm³/mol. The molecule has 0 saturated carbocycles. The van der Waals surface area contributed by atoms with Gasteiger partial charge in [0, 0.05) is 29.5 Å². The van der Waals surface area contributed by atoms with Crippen LogP contribution in [0.1, 0.15) is 11.1 Å². The quantitative estimate of drug-likeness (QED) is 0.669. The second-order valence-corrected chi connectivity index (χ2v) is 4.01. The van der Waals surface area contributed by atoms with Gasteiger partial charge >= 0.3 is 0 Å². The van der Waals surface area contributed by atoms with Crippen molar-refractivity contribution >= 4 is 5.69 Å². The van der Waals surface area contributed by atoms with Gasteiger partial charge in [-0.15, -0.1) is 0 Å². The Bertz CT molecular complexity index is 634. The Labute approximate surface area is 113 Å². The molecule has 0 amide bonds. The Morgan fingerprint density at radius 1 is 1.35 bits per heavy atom. The highest BCUT2D eigenvalue weighted by Gasteiger charge is 2.11. The lowest BCUT2D eigenvalue weighted by Crippen LogP contribution is -2.00. The van der Waals surface area contributed by atoms with E-state index in [1.54, 1.807) is 0 Å². The zero-order valence-electron chi connectivity index (χ0n) is 10.3. The Hall–Kier alpha value is -2.54. The topological polar surface area (TPSA) is 85.5 Å². The van der Waals surface area contributed by atoms with E-state index in [2.05, 4.69) is 4.98 Å². The highest BCUT2D eigenvalue weighted by Crippen LogP contribution is 2.25. The average Bonchev–Trinajstić information content (AvgIpc) is 2.45. The molecule has 2 aromatic rings. The second kappa shape index (κ2) is 6.07. The smallest absolute Gasteiger partial charge is 0.270 e. The Balaban J connectivity index is 2.15. The molecule has 0 saturated heterocycles. The maximum absolute atomic E-state index is 12.9. The minimum atomic E-state index is -0.556. The van der Waals surface area contributed by atoms with Gasteiger partial charge in [0.15, 0.2) is 0 Å². The largest absolute Gasteiger partial charge is 0.488 e. The summed E-state index contributed by atoms with van der Waals surface area (Å²) in [5.74, 6) is -0.167. The summed E-state index contributed by atoms with van der Waals surface area (Å²) in [6.07, 6.45) is 2.53. The van der Waals surface area contributed by atoms with Gasteiger partial charge in [-0.05, 0) is 12.1 Å². The maximum atomic E-state index is 12.9. The number of aliphatic hydroxyl groups is 1. The molecular formula is C13H11FN2O4. The van der Waals surface area contributed by atoms with Gasteiger partial charge in [0.2, 0.25) is 0 Å². The highest BCUT2D eigenvalue weighted by atomic mass is 19.1. The van der Waals surface area contributed by atoms with Crippen LogP contribution in [0.2, 0.25) is 0 Å². The van der Waals surface area contributed by atoms with Crippen LogP contribution in [0.3, 0.4) is 0 Å². The van der Waals surface area contributed by atoms with Crippen molar-refractivity contribution < 1.29 is 19.2 Å². The molecule has 1 aromatic carbocycles. The molecule has 6 nitrogen and oxygen atoms in total. The van der Waals surface area contributed by atoms with Gasteiger partial charge in [0.05, 0.1) is 17.7 Å². The van der Waals surface area contributed by atoms with Gasteiger partial charge in [-0.2, -0.15) is 0 Å². The van der Waals surface area contributed by atoms with E-state index in [1.165, 1.54) is 30.5 Å². The molecule has 0 spiro atoms. The Kier molecular flexibility index (Phi) is 4.21. The molecule has 104 valence electrons. The van der Waals surface area contributed by atoms with Gasteiger partial charge in [-0.1, -0.05) is 0 Å². The third-order valence-electron chi connectivity index (χ3n) is 2.58. The summed E-state index contributed by atoms with van der Waals surface area (Å²) in [7, 11) is 0. The fraction of sp³-hybridized carbons (Fsp3) is 0.154. The summed E-state index contributed by atoms with van der Waals surface area (Å²) in [6.45, 7) is -0.339. The molecule has 1 heterocycles. The number of rotatable bonds is 5. The van der Waals surface area contributed by atoms with E-state index in [0.29, 0.717) is 16.9 Å². The summed E-state index contributed by atoms with van der Waals surface area (Å²) in [5, 5.41) is 19.8. The number of benzene rings is 1. The number of ether oxygens (including phenoxy) is 1. The Morgan fingerprint density at radius 2 is 2.15 bits per heavy atom. The van der Waals surface area contributed by atoms with Crippen molar-refractivity contribution in [3.8, 4) is 5.75 Å². The van der Waals surface area contributed by atoms with Crippen molar-refractivity contribution in [1.82, 2.24) is 4.98 Å². The minimum absolute atomic E-state index is 0.0512. The van der Waals surface area contributed by atoms with Gasteiger partial charge < -0.3 is 9.84 Å². The lowest BCUT2D eigenvalue weighted by molar-refractivity contribution is -0.385. The molecule has 0 atom stereocenters. The number of non-ortho nitro benzene ring substituents is 1. The van der Waals surface area contributed by atoms with Crippen LogP contribution < -0.4 is 4.74 Å². The second-order valence-electron chi connectivity index (χ2n) is 4.01. The number of nitro groups is 1. The van der Waals surface area contributed by atoms with Crippen LogP contribution in [0, 0.1) is 15.9 Å². The summed E-state index contributed by atoms with van der Waals surface area (Å²) >= 11 is 0. The van der Waals surface area contributed by atoms with E-state index in [9.17, 15) is 19.6 Å². The fourth-order valence-corrected chi connectivity index (χ4v) is 1.64. The molecule has 1 aromatic heterocycles. The van der Waals surface area contributed by atoms with E-state index in [4.69, 9.17) is 4.74 Å². The number of hydrogen-bond acceptors (Lipinski definition) is 5. The van der Waals surface area contributed by atoms with Crippen LogP contribution in [-0.2, 0) is 13.2 Å². The first-order valence-electron chi connectivity index (χ1n) is 5.70. The van der Waals surface area contributed by atoms with Crippen LogP contribution in [0.25, 0.3) is 0 Å². The molecule has 20 heavy (non-hydrogen) atoms. The van der Waals surface area contributed by atoms with E-state index < -0.39 is 17.3 Å². The zero-order chi connectivity index (χ0) is 14.5. The third-order valence-corrected chi connectivity index (χ3v) is 2.58. The van der Waals surface area contributed by atoms with E-state index in [-0.39, 0.29) is 12.3 Å². The average molecular weight is 278 g/mol. The number of nitro benzene ring substituents is 1. The number of aliphatic hydroxyl groups excluding tert-OH is 1. The first-order chi connectivity index (χ1) is 9.60. The predicted octanol–water partition coefficient (Wildman–Crippen LogP) is 2.20. The lowest BCUT2D eigenvalue weighted by Gasteiger charge is -2.09. The van der Waals surface area contributed by atoms with Crippen molar-refractivity contribution in [2.24, 2.45) is 0 Å².